The Morgan fingerprint density at radius 3 is 2.13 bits per heavy atom. The molecule has 0 unspecified atom stereocenters. The minimum atomic E-state index is -3.77. The molecule has 0 aliphatic rings. The van der Waals surface area contributed by atoms with Crippen molar-refractivity contribution < 1.29 is 27.4 Å². The van der Waals surface area contributed by atoms with Crippen LogP contribution in [0.25, 0.3) is 0 Å². The summed E-state index contributed by atoms with van der Waals surface area (Å²) in [6.07, 6.45) is 1.50. The Kier molecular flexibility index (Phi) is 6.43. The van der Waals surface area contributed by atoms with Crippen molar-refractivity contribution in [1.29, 1.82) is 0 Å². The maximum Gasteiger partial charge on any atom is 0.263 e. The normalized spacial score (nSPS) is 10.9. The average molecular weight is 450 g/mol. The molecule has 0 spiro atoms. The van der Waals surface area contributed by atoms with Gasteiger partial charge in [-0.15, -0.1) is 11.3 Å². The summed E-state index contributed by atoms with van der Waals surface area (Å²) in [5.74, 6) is 0.637. The van der Waals surface area contributed by atoms with Crippen LogP contribution < -0.4 is 24.2 Å². The molecule has 2 aromatic carbocycles. The molecular formula is C19H19N3O6S2. The first-order valence-electron chi connectivity index (χ1n) is 8.51. The number of nitrogens with one attached hydrogen (secondary N) is 2. The van der Waals surface area contributed by atoms with E-state index in [-0.39, 0.29) is 15.6 Å². The quantitative estimate of drug-likeness (QED) is 0.542. The van der Waals surface area contributed by atoms with Crippen LogP contribution in [0.3, 0.4) is 0 Å². The van der Waals surface area contributed by atoms with Gasteiger partial charge < -0.3 is 19.5 Å². The lowest BCUT2D eigenvalue weighted by Crippen LogP contribution is -2.14. The number of carbonyl (C=O) groups excluding carboxylic acids is 1. The van der Waals surface area contributed by atoms with E-state index < -0.39 is 15.9 Å². The van der Waals surface area contributed by atoms with Crippen LogP contribution in [-0.2, 0) is 10.0 Å². The van der Waals surface area contributed by atoms with Crippen LogP contribution >= 0.6 is 11.3 Å². The highest BCUT2D eigenvalue weighted by Gasteiger charge is 2.18. The third-order valence-corrected chi connectivity index (χ3v) is 6.18. The highest BCUT2D eigenvalue weighted by Crippen LogP contribution is 2.38. The SMILES string of the molecule is COc1cc(C(=O)Nc2ccc(S(=O)(=O)Nc3nccs3)cc2)cc(OC)c1OC. The van der Waals surface area contributed by atoms with Crippen molar-refractivity contribution in [2.45, 2.75) is 4.90 Å². The molecule has 1 amide bonds. The lowest BCUT2D eigenvalue weighted by atomic mass is 10.1. The van der Waals surface area contributed by atoms with Gasteiger partial charge in [-0.3, -0.25) is 9.52 Å². The summed E-state index contributed by atoms with van der Waals surface area (Å²) in [7, 11) is 0.616. The van der Waals surface area contributed by atoms with Crippen molar-refractivity contribution in [2.75, 3.05) is 31.4 Å². The molecule has 3 rings (SSSR count). The summed E-state index contributed by atoms with van der Waals surface area (Å²) in [4.78, 5) is 16.6. The highest BCUT2D eigenvalue weighted by atomic mass is 32.2. The van der Waals surface area contributed by atoms with E-state index >= 15 is 0 Å². The van der Waals surface area contributed by atoms with E-state index in [0.717, 1.165) is 0 Å². The first kappa shape index (κ1) is 21.4. The molecule has 0 aliphatic heterocycles. The Bertz CT molecular complexity index is 1100. The molecule has 0 atom stereocenters. The lowest BCUT2D eigenvalue weighted by Gasteiger charge is -2.14. The summed E-state index contributed by atoms with van der Waals surface area (Å²) in [5.41, 5.74) is 0.702. The molecule has 0 bridgehead atoms. The zero-order valence-corrected chi connectivity index (χ0v) is 18.0. The third kappa shape index (κ3) is 4.63. The van der Waals surface area contributed by atoms with Gasteiger partial charge in [0.15, 0.2) is 16.6 Å². The molecule has 158 valence electrons. The number of benzene rings is 2. The van der Waals surface area contributed by atoms with Crippen LogP contribution in [0.4, 0.5) is 10.8 Å². The van der Waals surface area contributed by atoms with E-state index in [2.05, 4.69) is 15.0 Å². The molecule has 0 saturated heterocycles. The maximum absolute atomic E-state index is 12.6. The molecule has 2 N–H and O–H groups in total. The number of carbonyl (C=O) groups is 1. The summed E-state index contributed by atoms with van der Waals surface area (Å²) in [5, 5.41) is 4.65. The molecule has 30 heavy (non-hydrogen) atoms. The number of sulfonamides is 1. The van der Waals surface area contributed by atoms with Crippen LogP contribution in [0, 0.1) is 0 Å². The zero-order valence-electron chi connectivity index (χ0n) is 16.3. The van der Waals surface area contributed by atoms with E-state index in [4.69, 9.17) is 14.2 Å². The minimum Gasteiger partial charge on any atom is -0.493 e. The summed E-state index contributed by atoms with van der Waals surface area (Å²) in [6, 6.07) is 8.81. The second kappa shape index (κ2) is 9.01. The van der Waals surface area contributed by atoms with E-state index in [1.165, 1.54) is 75.3 Å². The summed E-state index contributed by atoms with van der Waals surface area (Å²) in [6.45, 7) is 0. The van der Waals surface area contributed by atoms with Crippen molar-refractivity contribution in [3.8, 4) is 17.2 Å². The van der Waals surface area contributed by atoms with E-state index in [1.54, 1.807) is 5.38 Å². The van der Waals surface area contributed by atoms with Crippen LogP contribution in [0.2, 0.25) is 0 Å². The van der Waals surface area contributed by atoms with Crippen molar-refractivity contribution in [1.82, 2.24) is 4.98 Å². The fourth-order valence-corrected chi connectivity index (χ4v) is 4.37. The monoisotopic (exact) mass is 449 g/mol. The van der Waals surface area contributed by atoms with Gasteiger partial charge in [-0.05, 0) is 36.4 Å². The first-order chi connectivity index (χ1) is 14.4. The number of anilines is 2. The molecule has 1 heterocycles. The Balaban J connectivity index is 1.78. The fraction of sp³-hybridized carbons (Fsp3) is 0.158. The number of nitrogens with zero attached hydrogens (tertiary/aromatic N) is 1. The van der Waals surface area contributed by atoms with Gasteiger partial charge in [-0.2, -0.15) is 0 Å². The van der Waals surface area contributed by atoms with Crippen LogP contribution in [0.5, 0.6) is 17.2 Å². The van der Waals surface area contributed by atoms with Gasteiger partial charge in [0, 0.05) is 22.8 Å². The maximum atomic E-state index is 12.6. The Labute approximate surface area is 177 Å². The van der Waals surface area contributed by atoms with Gasteiger partial charge in [0.25, 0.3) is 15.9 Å². The predicted octanol–water partition coefficient (Wildman–Crippen LogP) is 3.22. The summed E-state index contributed by atoms with van der Waals surface area (Å²) < 4.78 is 42.9. The lowest BCUT2D eigenvalue weighted by molar-refractivity contribution is 0.102. The van der Waals surface area contributed by atoms with Crippen LogP contribution in [0.1, 0.15) is 10.4 Å². The van der Waals surface area contributed by atoms with Crippen molar-refractivity contribution >= 4 is 38.1 Å². The molecule has 0 saturated carbocycles. The smallest absolute Gasteiger partial charge is 0.263 e. The molecular weight excluding hydrogens is 430 g/mol. The molecule has 0 fully saturated rings. The predicted molar refractivity (Wildman–Crippen MR) is 113 cm³/mol. The molecule has 0 radical (unpaired) electrons. The van der Waals surface area contributed by atoms with Crippen molar-refractivity contribution in [3.63, 3.8) is 0 Å². The van der Waals surface area contributed by atoms with Gasteiger partial charge in [-0.1, -0.05) is 0 Å². The number of thiazole rings is 1. The first-order valence-corrected chi connectivity index (χ1v) is 10.9. The largest absolute Gasteiger partial charge is 0.493 e. The molecule has 3 aromatic rings. The Hall–Kier alpha value is -3.31. The fourth-order valence-electron chi connectivity index (χ4n) is 2.58. The average Bonchev–Trinajstić information content (AvgIpc) is 3.25. The molecule has 9 nitrogen and oxygen atoms in total. The highest BCUT2D eigenvalue weighted by molar-refractivity contribution is 7.93. The number of rotatable bonds is 8. The molecule has 0 aliphatic carbocycles. The van der Waals surface area contributed by atoms with Gasteiger partial charge >= 0.3 is 0 Å². The van der Waals surface area contributed by atoms with Crippen LogP contribution in [0.15, 0.2) is 52.9 Å². The van der Waals surface area contributed by atoms with Crippen molar-refractivity contribution in [2.24, 2.45) is 0 Å². The van der Waals surface area contributed by atoms with E-state index in [0.29, 0.717) is 22.9 Å². The van der Waals surface area contributed by atoms with E-state index in [9.17, 15) is 13.2 Å². The third-order valence-electron chi connectivity index (χ3n) is 4.00. The second-order valence-corrected chi connectivity index (χ2v) is 8.41. The molecule has 11 heteroatoms. The number of methoxy groups -OCH3 is 3. The molecule has 1 aromatic heterocycles. The van der Waals surface area contributed by atoms with Gasteiger partial charge in [0.2, 0.25) is 5.75 Å². The minimum absolute atomic E-state index is 0.0449. The number of aromatic nitrogens is 1. The number of amides is 1. The number of hydrogen-bond acceptors (Lipinski definition) is 8. The van der Waals surface area contributed by atoms with Gasteiger partial charge in [0.1, 0.15) is 0 Å². The number of hydrogen-bond donors (Lipinski definition) is 2. The zero-order chi connectivity index (χ0) is 21.7. The summed E-state index contributed by atoms with van der Waals surface area (Å²) >= 11 is 1.17. The Morgan fingerprint density at radius 1 is 1.00 bits per heavy atom. The number of ether oxygens (including phenoxy) is 3. The second-order valence-electron chi connectivity index (χ2n) is 5.84. The topological polar surface area (TPSA) is 116 Å². The van der Waals surface area contributed by atoms with Gasteiger partial charge in [-0.25, -0.2) is 13.4 Å². The van der Waals surface area contributed by atoms with Crippen LogP contribution in [-0.4, -0.2) is 40.6 Å². The standard InChI is InChI=1S/C19H19N3O6S2/c1-26-15-10-12(11-16(27-2)17(15)28-3)18(23)21-13-4-6-14(7-5-13)30(24,25)22-19-20-8-9-29-19/h4-11H,1-3H3,(H,20,22)(H,21,23). The van der Waals surface area contributed by atoms with Gasteiger partial charge in [0.05, 0.1) is 26.2 Å². The van der Waals surface area contributed by atoms with E-state index in [1.807, 2.05) is 0 Å². The Morgan fingerprint density at radius 2 is 1.63 bits per heavy atom. The van der Waals surface area contributed by atoms with Crippen molar-refractivity contribution in [3.05, 3.63) is 53.5 Å².